The second-order valence-electron chi connectivity index (χ2n) is 11.9. The predicted molar refractivity (Wildman–Crippen MR) is 180 cm³/mol. The van der Waals surface area contributed by atoms with E-state index in [2.05, 4.69) is 18.5 Å². The number of benzene rings is 3. The number of fused-ring (bicyclic) bond motifs is 1. The molecule has 2 amide bonds. The summed E-state index contributed by atoms with van der Waals surface area (Å²) in [5, 5.41) is 13.0. The van der Waals surface area contributed by atoms with Crippen LogP contribution >= 0.6 is 0 Å². The van der Waals surface area contributed by atoms with Crippen molar-refractivity contribution in [3.8, 4) is 0 Å². The zero-order chi connectivity index (χ0) is 32.7. The van der Waals surface area contributed by atoms with Crippen LogP contribution in [0.2, 0.25) is 0 Å². The standard InChI is InChI=1S/C39H46N2O5/c1-3-5-8-21-33(23-29-16-9-6-10-17-29)39(45)46-36(30-18-11-7-12-19-30)26-40-38(44)32(15-4-2)25-37(43)41-27-34-22-14-13-20-31(34)24-35(41)28-42/h3-4,6-7,9-14,16-20,22,32-33,35-36,42H,1-2,5,8,15,21,23-28H2,(H,40,44)/t32-,33-,35+,36+/m1/s1. The van der Waals surface area contributed by atoms with Gasteiger partial charge in [-0.15, -0.1) is 13.2 Å². The Morgan fingerprint density at radius 2 is 1.59 bits per heavy atom. The monoisotopic (exact) mass is 622 g/mol. The minimum atomic E-state index is -0.701. The second-order valence-corrected chi connectivity index (χ2v) is 11.9. The van der Waals surface area contributed by atoms with Crippen LogP contribution in [-0.2, 0) is 38.5 Å². The zero-order valence-corrected chi connectivity index (χ0v) is 26.6. The van der Waals surface area contributed by atoms with Crippen LogP contribution in [-0.4, -0.2) is 47.0 Å². The summed E-state index contributed by atoms with van der Waals surface area (Å²) in [6, 6.07) is 26.9. The Labute approximate surface area is 273 Å². The molecule has 1 aliphatic rings. The molecule has 3 aromatic carbocycles. The molecule has 2 N–H and O–H groups in total. The van der Waals surface area contributed by atoms with Gasteiger partial charge in [0.05, 0.1) is 31.0 Å². The number of aliphatic hydroxyl groups is 1. The maximum Gasteiger partial charge on any atom is 0.309 e. The molecular formula is C39H46N2O5. The Morgan fingerprint density at radius 1 is 0.913 bits per heavy atom. The molecule has 7 heteroatoms. The number of carbonyl (C=O) groups is 3. The van der Waals surface area contributed by atoms with Crippen molar-refractivity contribution in [1.29, 1.82) is 0 Å². The summed E-state index contributed by atoms with van der Waals surface area (Å²) in [7, 11) is 0. The molecular weight excluding hydrogens is 576 g/mol. The first-order valence-corrected chi connectivity index (χ1v) is 16.2. The summed E-state index contributed by atoms with van der Waals surface area (Å²) in [5.41, 5.74) is 4.01. The second kappa shape index (κ2) is 17.9. The van der Waals surface area contributed by atoms with Crippen molar-refractivity contribution in [2.45, 2.75) is 63.6 Å². The first-order chi connectivity index (χ1) is 22.4. The Morgan fingerprint density at radius 3 is 2.26 bits per heavy atom. The van der Waals surface area contributed by atoms with E-state index >= 15 is 0 Å². The van der Waals surface area contributed by atoms with Crippen molar-refractivity contribution >= 4 is 17.8 Å². The molecule has 0 aromatic heterocycles. The van der Waals surface area contributed by atoms with Crippen LogP contribution in [0.25, 0.3) is 0 Å². The van der Waals surface area contributed by atoms with Crippen LogP contribution in [0.3, 0.4) is 0 Å². The third-order valence-corrected chi connectivity index (χ3v) is 8.64. The van der Waals surface area contributed by atoms with Gasteiger partial charge in [0.15, 0.2) is 0 Å². The molecule has 0 fully saturated rings. The molecule has 1 aliphatic heterocycles. The third kappa shape index (κ3) is 9.75. The average Bonchev–Trinajstić information content (AvgIpc) is 3.09. The van der Waals surface area contributed by atoms with Crippen LogP contribution in [0.15, 0.2) is 110 Å². The number of amides is 2. The molecule has 0 radical (unpaired) electrons. The number of aliphatic hydroxyl groups excluding tert-OH is 1. The highest BCUT2D eigenvalue weighted by Crippen LogP contribution is 2.26. The minimum absolute atomic E-state index is 0.0191. The van der Waals surface area contributed by atoms with Crippen LogP contribution < -0.4 is 5.32 Å². The van der Waals surface area contributed by atoms with Crippen molar-refractivity contribution in [1.82, 2.24) is 10.2 Å². The van der Waals surface area contributed by atoms with Gasteiger partial charge in [-0.2, -0.15) is 0 Å². The van der Waals surface area contributed by atoms with E-state index in [0.717, 1.165) is 35.1 Å². The first kappa shape index (κ1) is 34.4. The summed E-state index contributed by atoms with van der Waals surface area (Å²) < 4.78 is 6.13. The topological polar surface area (TPSA) is 95.9 Å². The van der Waals surface area contributed by atoms with Gasteiger partial charge in [-0.1, -0.05) is 97.1 Å². The van der Waals surface area contributed by atoms with Gasteiger partial charge < -0.3 is 20.1 Å². The predicted octanol–water partition coefficient (Wildman–Crippen LogP) is 6.13. The normalized spacial score (nSPS) is 15.9. The van der Waals surface area contributed by atoms with Gasteiger partial charge in [-0.05, 0) is 60.8 Å². The van der Waals surface area contributed by atoms with Crippen LogP contribution in [0, 0.1) is 11.8 Å². The van der Waals surface area contributed by atoms with E-state index in [1.54, 1.807) is 11.0 Å². The number of unbranched alkanes of at least 4 members (excludes halogenated alkanes) is 1. The van der Waals surface area contributed by atoms with E-state index in [9.17, 15) is 19.5 Å². The lowest BCUT2D eigenvalue weighted by Crippen LogP contribution is -2.47. The fourth-order valence-corrected chi connectivity index (χ4v) is 6.03. The summed E-state index contributed by atoms with van der Waals surface area (Å²) in [6.45, 7) is 7.93. The van der Waals surface area contributed by atoms with Crippen LogP contribution in [0.5, 0.6) is 0 Å². The number of hydrogen-bond acceptors (Lipinski definition) is 5. The lowest BCUT2D eigenvalue weighted by molar-refractivity contribution is -0.155. The van der Waals surface area contributed by atoms with E-state index in [0.29, 0.717) is 32.2 Å². The largest absolute Gasteiger partial charge is 0.455 e. The molecule has 4 atom stereocenters. The number of esters is 1. The van der Waals surface area contributed by atoms with Gasteiger partial charge in [-0.3, -0.25) is 14.4 Å². The summed E-state index contributed by atoms with van der Waals surface area (Å²) in [4.78, 5) is 42.4. The lowest BCUT2D eigenvalue weighted by atomic mass is 9.92. The molecule has 1 heterocycles. The van der Waals surface area contributed by atoms with Crippen molar-refractivity contribution in [2.24, 2.45) is 11.8 Å². The third-order valence-electron chi connectivity index (χ3n) is 8.64. The highest BCUT2D eigenvalue weighted by molar-refractivity contribution is 5.86. The number of nitrogens with zero attached hydrogens (tertiary/aromatic N) is 1. The number of carbonyl (C=O) groups excluding carboxylic acids is 3. The maximum atomic E-state index is 13.6. The van der Waals surface area contributed by atoms with Gasteiger partial charge >= 0.3 is 5.97 Å². The lowest BCUT2D eigenvalue weighted by Gasteiger charge is -2.36. The fourth-order valence-electron chi connectivity index (χ4n) is 6.03. The van der Waals surface area contributed by atoms with Crippen LogP contribution in [0.1, 0.15) is 60.5 Å². The van der Waals surface area contributed by atoms with Gasteiger partial charge in [-0.25, -0.2) is 0 Å². The Balaban J connectivity index is 1.44. The van der Waals surface area contributed by atoms with Gasteiger partial charge in [0.25, 0.3) is 0 Å². The van der Waals surface area contributed by atoms with Crippen molar-refractivity contribution in [2.75, 3.05) is 13.2 Å². The number of nitrogens with one attached hydrogen (secondary N) is 1. The summed E-state index contributed by atoms with van der Waals surface area (Å²) in [6.07, 6.45) is 6.50. The summed E-state index contributed by atoms with van der Waals surface area (Å²) >= 11 is 0. The molecule has 7 nitrogen and oxygen atoms in total. The number of hydrogen-bond donors (Lipinski definition) is 2. The Hall–Kier alpha value is -4.49. The SMILES string of the molecule is C=CCCC[C@H](Cc1ccccc1)C(=O)O[C@@H](CNC(=O)[C@H](CC=C)CC(=O)N1Cc2ccccc2C[C@H]1CO)c1ccccc1. The average molecular weight is 623 g/mol. The van der Waals surface area contributed by atoms with E-state index in [-0.39, 0.29) is 49.3 Å². The maximum absolute atomic E-state index is 13.6. The summed E-state index contributed by atoms with van der Waals surface area (Å²) in [5.74, 6) is -1.81. The smallest absolute Gasteiger partial charge is 0.309 e. The molecule has 0 spiro atoms. The van der Waals surface area contributed by atoms with Gasteiger partial charge in [0.1, 0.15) is 6.10 Å². The van der Waals surface area contributed by atoms with Gasteiger partial charge in [0.2, 0.25) is 11.8 Å². The van der Waals surface area contributed by atoms with E-state index in [4.69, 9.17) is 4.74 Å². The first-order valence-electron chi connectivity index (χ1n) is 16.2. The molecule has 0 aliphatic carbocycles. The van der Waals surface area contributed by atoms with Crippen molar-refractivity contribution in [3.63, 3.8) is 0 Å². The van der Waals surface area contributed by atoms with E-state index in [1.807, 2.05) is 91.0 Å². The quantitative estimate of drug-likeness (QED) is 0.107. The molecule has 46 heavy (non-hydrogen) atoms. The van der Waals surface area contributed by atoms with Gasteiger partial charge in [0, 0.05) is 13.0 Å². The molecule has 4 rings (SSSR count). The molecule has 0 bridgehead atoms. The minimum Gasteiger partial charge on any atom is -0.455 e. The number of rotatable bonds is 17. The highest BCUT2D eigenvalue weighted by Gasteiger charge is 2.32. The Kier molecular flexibility index (Phi) is 13.3. The number of allylic oxidation sites excluding steroid dienone is 2. The molecule has 0 saturated carbocycles. The zero-order valence-electron chi connectivity index (χ0n) is 26.6. The van der Waals surface area contributed by atoms with Crippen LogP contribution in [0.4, 0.5) is 0 Å². The Bertz CT molecular complexity index is 1440. The fraction of sp³-hybridized carbons (Fsp3) is 0.359. The van der Waals surface area contributed by atoms with Crippen molar-refractivity contribution < 1.29 is 24.2 Å². The molecule has 0 unspecified atom stereocenters. The van der Waals surface area contributed by atoms with E-state index in [1.165, 1.54) is 0 Å². The highest BCUT2D eigenvalue weighted by atomic mass is 16.5. The number of ether oxygens (including phenoxy) is 1. The molecule has 3 aromatic rings. The molecule has 0 saturated heterocycles. The van der Waals surface area contributed by atoms with Crippen molar-refractivity contribution in [3.05, 3.63) is 132 Å². The van der Waals surface area contributed by atoms with E-state index < -0.39 is 12.0 Å². The molecule has 242 valence electrons.